The molecule has 2 aromatic rings. The Hall–Kier alpha value is -1.20. The summed E-state index contributed by atoms with van der Waals surface area (Å²) >= 11 is 3.47. The molecule has 0 saturated heterocycles. The number of benzene rings is 1. The average Bonchev–Trinajstić information content (AvgIpc) is 2.88. The third-order valence-electron chi connectivity index (χ3n) is 4.18. The van der Waals surface area contributed by atoms with Gasteiger partial charge < -0.3 is 10.3 Å². The molecule has 1 aliphatic carbocycles. The molecule has 2 N–H and O–H groups in total. The van der Waals surface area contributed by atoms with Gasteiger partial charge in [0.2, 0.25) is 5.89 Å². The van der Waals surface area contributed by atoms with E-state index in [9.17, 15) is 0 Å². The summed E-state index contributed by atoms with van der Waals surface area (Å²) in [6.07, 6.45) is 4.87. The fraction of sp³-hybridized carbons (Fsp3) is 0.500. The molecular weight excluding hydrogens is 330 g/mol. The predicted molar refractivity (Wildman–Crippen MR) is 84.7 cm³/mol. The Morgan fingerprint density at radius 2 is 2.33 bits per heavy atom. The molecule has 4 nitrogen and oxygen atoms in total. The molecule has 2 atom stereocenters. The Morgan fingerprint density at radius 1 is 1.48 bits per heavy atom. The first-order valence-corrected chi connectivity index (χ1v) is 8.21. The largest absolute Gasteiger partial charge is 0.337 e. The van der Waals surface area contributed by atoms with Crippen LogP contribution in [-0.2, 0) is 12.0 Å². The van der Waals surface area contributed by atoms with Crippen molar-refractivity contribution in [3.8, 4) is 0 Å². The van der Waals surface area contributed by atoms with Crippen LogP contribution in [0.2, 0.25) is 0 Å². The lowest BCUT2D eigenvalue weighted by Gasteiger charge is -2.33. The molecule has 0 amide bonds. The number of halogens is 1. The first-order chi connectivity index (χ1) is 10.0. The van der Waals surface area contributed by atoms with Gasteiger partial charge in [0.25, 0.3) is 0 Å². The summed E-state index contributed by atoms with van der Waals surface area (Å²) < 4.78 is 6.52. The predicted octanol–water partition coefficient (Wildman–Crippen LogP) is 3.79. The minimum Gasteiger partial charge on any atom is -0.337 e. The van der Waals surface area contributed by atoms with Crippen molar-refractivity contribution in [1.82, 2.24) is 10.1 Å². The van der Waals surface area contributed by atoms with Gasteiger partial charge in [-0.3, -0.25) is 0 Å². The summed E-state index contributed by atoms with van der Waals surface area (Å²) in [5.41, 5.74) is 7.21. The maximum atomic E-state index is 6.50. The molecule has 2 unspecified atom stereocenters. The van der Waals surface area contributed by atoms with Crippen molar-refractivity contribution in [3.05, 3.63) is 46.0 Å². The first kappa shape index (κ1) is 14.7. The highest BCUT2D eigenvalue weighted by Gasteiger charge is 2.37. The van der Waals surface area contributed by atoms with E-state index < -0.39 is 5.54 Å². The van der Waals surface area contributed by atoms with Crippen molar-refractivity contribution in [3.63, 3.8) is 0 Å². The molecule has 1 aromatic carbocycles. The third kappa shape index (κ3) is 3.35. The lowest BCUT2D eigenvalue weighted by molar-refractivity contribution is 0.183. The second-order valence-electron chi connectivity index (χ2n) is 6.18. The van der Waals surface area contributed by atoms with E-state index in [1.165, 1.54) is 6.42 Å². The van der Waals surface area contributed by atoms with E-state index in [-0.39, 0.29) is 0 Å². The van der Waals surface area contributed by atoms with Crippen molar-refractivity contribution in [2.24, 2.45) is 11.7 Å². The molecule has 21 heavy (non-hydrogen) atoms. The van der Waals surface area contributed by atoms with Gasteiger partial charge in [0.05, 0.1) is 5.54 Å². The lowest BCUT2D eigenvalue weighted by Crippen LogP contribution is -2.41. The number of hydrogen-bond acceptors (Lipinski definition) is 4. The molecule has 0 bridgehead atoms. The van der Waals surface area contributed by atoms with E-state index in [1.54, 1.807) is 0 Å². The third-order valence-corrected chi connectivity index (χ3v) is 4.67. The van der Waals surface area contributed by atoms with Crippen molar-refractivity contribution in [2.75, 3.05) is 0 Å². The summed E-state index contributed by atoms with van der Waals surface area (Å²) in [5, 5.41) is 4.11. The van der Waals surface area contributed by atoms with Crippen LogP contribution in [0.4, 0.5) is 0 Å². The molecular formula is C16H20BrN3O. The molecule has 1 heterocycles. The highest BCUT2D eigenvalue weighted by Crippen LogP contribution is 2.37. The molecule has 1 fully saturated rings. The van der Waals surface area contributed by atoms with Crippen molar-refractivity contribution in [2.45, 2.75) is 44.6 Å². The average molecular weight is 350 g/mol. The van der Waals surface area contributed by atoms with Gasteiger partial charge in [-0.05, 0) is 36.5 Å². The summed E-state index contributed by atoms with van der Waals surface area (Å²) in [7, 11) is 0. The molecule has 0 spiro atoms. The van der Waals surface area contributed by atoms with Crippen molar-refractivity contribution >= 4 is 15.9 Å². The molecule has 112 valence electrons. The monoisotopic (exact) mass is 349 g/mol. The molecule has 1 aliphatic rings. The zero-order chi connectivity index (χ0) is 14.9. The van der Waals surface area contributed by atoms with Crippen LogP contribution in [-0.4, -0.2) is 10.1 Å². The van der Waals surface area contributed by atoms with Gasteiger partial charge in [-0.2, -0.15) is 4.98 Å². The van der Waals surface area contributed by atoms with E-state index in [0.717, 1.165) is 29.3 Å². The maximum absolute atomic E-state index is 6.50. The normalized spacial score (nSPS) is 26.0. The quantitative estimate of drug-likeness (QED) is 0.915. The molecule has 1 saturated carbocycles. The van der Waals surface area contributed by atoms with Gasteiger partial charge in [-0.1, -0.05) is 53.0 Å². The Labute approximate surface area is 133 Å². The maximum Gasteiger partial charge on any atom is 0.246 e. The lowest BCUT2D eigenvalue weighted by atomic mass is 9.77. The molecule has 5 heteroatoms. The Bertz CT molecular complexity index is 627. The fourth-order valence-corrected chi connectivity index (χ4v) is 3.59. The minimum atomic E-state index is -0.444. The van der Waals surface area contributed by atoms with Gasteiger partial charge in [-0.25, -0.2) is 0 Å². The van der Waals surface area contributed by atoms with Crippen molar-refractivity contribution < 1.29 is 4.52 Å². The second kappa shape index (κ2) is 5.89. The number of aromatic nitrogens is 2. The van der Waals surface area contributed by atoms with Crippen LogP contribution in [0.1, 0.15) is 49.9 Å². The van der Waals surface area contributed by atoms with E-state index in [1.807, 2.05) is 12.1 Å². The molecule has 0 radical (unpaired) electrons. The summed E-state index contributed by atoms with van der Waals surface area (Å²) in [5.74, 6) is 1.91. The summed E-state index contributed by atoms with van der Waals surface area (Å²) in [6.45, 7) is 2.24. The van der Waals surface area contributed by atoms with Gasteiger partial charge in [0.15, 0.2) is 5.82 Å². The van der Waals surface area contributed by atoms with Crippen LogP contribution < -0.4 is 5.73 Å². The SMILES string of the molecule is CC1CCCC(N)(c2nc(Cc3cccc(Br)c3)no2)C1. The van der Waals surface area contributed by atoms with E-state index in [0.29, 0.717) is 24.1 Å². The Balaban J connectivity index is 1.77. The van der Waals surface area contributed by atoms with Crippen LogP contribution in [0.5, 0.6) is 0 Å². The molecule has 3 rings (SSSR count). The minimum absolute atomic E-state index is 0.444. The second-order valence-corrected chi connectivity index (χ2v) is 7.10. The smallest absolute Gasteiger partial charge is 0.246 e. The van der Waals surface area contributed by atoms with Crippen LogP contribution >= 0.6 is 15.9 Å². The first-order valence-electron chi connectivity index (χ1n) is 7.41. The van der Waals surface area contributed by atoms with Gasteiger partial charge in [0, 0.05) is 10.9 Å². The van der Waals surface area contributed by atoms with Gasteiger partial charge in [-0.15, -0.1) is 0 Å². The van der Waals surface area contributed by atoms with Gasteiger partial charge in [0.1, 0.15) is 0 Å². The van der Waals surface area contributed by atoms with Crippen LogP contribution in [0, 0.1) is 5.92 Å². The molecule has 0 aliphatic heterocycles. The van der Waals surface area contributed by atoms with Crippen molar-refractivity contribution in [1.29, 1.82) is 0 Å². The van der Waals surface area contributed by atoms with E-state index in [4.69, 9.17) is 10.3 Å². The highest BCUT2D eigenvalue weighted by molar-refractivity contribution is 9.10. The van der Waals surface area contributed by atoms with Crippen LogP contribution in [0.3, 0.4) is 0 Å². The highest BCUT2D eigenvalue weighted by atomic mass is 79.9. The number of rotatable bonds is 3. The van der Waals surface area contributed by atoms with Crippen LogP contribution in [0.25, 0.3) is 0 Å². The zero-order valence-corrected chi connectivity index (χ0v) is 13.8. The van der Waals surface area contributed by atoms with E-state index in [2.05, 4.69) is 45.1 Å². The molecule has 1 aromatic heterocycles. The number of nitrogens with zero attached hydrogens (tertiary/aromatic N) is 2. The zero-order valence-electron chi connectivity index (χ0n) is 12.2. The number of hydrogen-bond donors (Lipinski definition) is 1. The number of nitrogens with two attached hydrogens (primary N) is 1. The topological polar surface area (TPSA) is 64.9 Å². The van der Waals surface area contributed by atoms with Crippen LogP contribution in [0.15, 0.2) is 33.3 Å². The summed E-state index contributed by atoms with van der Waals surface area (Å²) in [6, 6.07) is 8.13. The summed E-state index contributed by atoms with van der Waals surface area (Å²) in [4.78, 5) is 4.55. The Morgan fingerprint density at radius 3 is 3.10 bits per heavy atom. The Kier molecular flexibility index (Phi) is 4.13. The standard InChI is InChI=1S/C16H20BrN3O/c1-11-4-3-7-16(18,10-11)15-19-14(20-21-15)9-12-5-2-6-13(17)8-12/h2,5-6,8,11H,3-4,7,9-10,18H2,1H3. The van der Waals surface area contributed by atoms with E-state index >= 15 is 0 Å². The fourth-order valence-electron chi connectivity index (χ4n) is 3.14. The van der Waals surface area contributed by atoms with Gasteiger partial charge >= 0.3 is 0 Å².